The number of aromatic nitrogens is 2. The van der Waals surface area contributed by atoms with Crippen LogP contribution >= 0.6 is 0 Å². The first-order valence-corrected chi connectivity index (χ1v) is 4.95. The quantitative estimate of drug-likeness (QED) is 0.713. The van der Waals surface area contributed by atoms with Crippen molar-refractivity contribution in [3.63, 3.8) is 0 Å². The molecule has 1 rings (SSSR count). The molecule has 0 aliphatic carbocycles. The number of carbonyl (C=O) groups is 1. The molecular weight excluding hydrogens is 192 g/mol. The topological polar surface area (TPSA) is 52.1 Å². The molecule has 0 spiro atoms. The zero-order chi connectivity index (χ0) is 11.5. The molecule has 1 heterocycles. The third kappa shape index (κ3) is 3.01. The van der Waals surface area contributed by atoms with Gasteiger partial charge in [-0.25, -0.2) is 4.98 Å². The highest BCUT2D eigenvalue weighted by Crippen LogP contribution is 2.20. The van der Waals surface area contributed by atoms with Crippen LogP contribution in [0.2, 0.25) is 0 Å². The van der Waals surface area contributed by atoms with E-state index in [1.807, 2.05) is 27.7 Å². The number of rotatable bonds is 3. The van der Waals surface area contributed by atoms with E-state index in [-0.39, 0.29) is 5.41 Å². The number of carbonyl (C=O) groups excluding carboxylic acids is 1. The Hall–Kier alpha value is -1.45. The van der Waals surface area contributed by atoms with Crippen LogP contribution in [0.5, 0.6) is 5.88 Å². The Balaban J connectivity index is 3.17. The summed E-state index contributed by atoms with van der Waals surface area (Å²) in [7, 11) is 0. The van der Waals surface area contributed by atoms with Gasteiger partial charge in [0.2, 0.25) is 5.88 Å². The lowest BCUT2D eigenvalue weighted by atomic mass is 9.95. The average Bonchev–Trinajstić information content (AvgIpc) is 2.16. The van der Waals surface area contributed by atoms with Crippen LogP contribution in [-0.2, 0) is 5.41 Å². The highest BCUT2D eigenvalue weighted by Gasteiger charge is 2.19. The molecule has 0 aliphatic rings. The van der Waals surface area contributed by atoms with Crippen LogP contribution in [0.4, 0.5) is 0 Å². The molecule has 0 amide bonds. The van der Waals surface area contributed by atoms with Gasteiger partial charge in [-0.1, -0.05) is 20.8 Å². The first-order chi connectivity index (χ1) is 6.97. The summed E-state index contributed by atoms with van der Waals surface area (Å²) < 4.78 is 5.27. The molecule has 1 aromatic rings. The molecule has 0 aromatic carbocycles. The van der Waals surface area contributed by atoms with Crippen molar-refractivity contribution in [3.05, 3.63) is 17.6 Å². The molecule has 4 nitrogen and oxygen atoms in total. The predicted molar refractivity (Wildman–Crippen MR) is 57.3 cm³/mol. The Morgan fingerprint density at radius 3 is 2.53 bits per heavy atom. The van der Waals surface area contributed by atoms with Crippen LogP contribution in [-0.4, -0.2) is 22.9 Å². The molecule has 0 bridgehead atoms. The molecule has 1 aromatic heterocycles. The van der Waals surface area contributed by atoms with E-state index in [4.69, 9.17) is 4.74 Å². The lowest BCUT2D eigenvalue weighted by Crippen LogP contribution is -2.17. The van der Waals surface area contributed by atoms with Crippen LogP contribution in [0, 0.1) is 0 Å². The smallest absolute Gasteiger partial charge is 0.217 e. The summed E-state index contributed by atoms with van der Waals surface area (Å²) in [5.74, 6) is 1.08. The minimum Gasteiger partial charge on any atom is -0.478 e. The third-order valence-electron chi connectivity index (χ3n) is 1.81. The Morgan fingerprint density at radius 2 is 2.07 bits per heavy atom. The fourth-order valence-electron chi connectivity index (χ4n) is 1.06. The fraction of sp³-hybridized carbons (Fsp3) is 0.545. The summed E-state index contributed by atoms with van der Waals surface area (Å²) in [6.45, 7) is 8.38. The van der Waals surface area contributed by atoms with Gasteiger partial charge in [-0.05, 0) is 6.92 Å². The lowest BCUT2D eigenvalue weighted by Gasteiger charge is -2.17. The van der Waals surface area contributed by atoms with Gasteiger partial charge in [-0.3, -0.25) is 4.79 Å². The summed E-state index contributed by atoms with van der Waals surface area (Å²) >= 11 is 0. The van der Waals surface area contributed by atoms with E-state index >= 15 is 0 Å². The molecule has 0 aliphatic heterocycles. The highest BCUT2D eigenvalue weighted by molar-refractivity contribution is 5.72. The van der Waals surface area contributed by atoms with E-state index in [2.05, 4.69) is 9.97 Å². The summed E-state index contributed by atoms with van der Waals surface area (Å²) in [5, 5.41) is 0. The second kappa shape index (κ2) is 4.38. The molecule has 0 saturated carbocycles. The van der Waals surface area contributed by atoms with Crippen molar-refractivity contribution in [2.24, 2.45) is 0 Å². The standard InChI is InChI=1S/C11H16N2O2/c1-5-15-9-6-8(7-14)12-10(13-9)11(2,3)4/h6-7H,5H2,1-4H3. The summed E-state index contributed by atoms with van der Waals surface area (Å²) in [4.78, 5) is 19.1. The van der Waals surface area contributed by atoms with Crippen molar-refractivity contribution in [1.29, 1.82) is 0 Å². The van der Waals surface area contributed by atoms with Crippen molar-refractivity contribution >= 4 is 6.29 Å². The van der Waals surface area contributed by atoms with Gasteiger partial charge in [-0.2, -0.15) is 4.98 Å². The minimum atomic E-state index is -0.190. The van der Waals surface area contributed by atoms with E-state index in [0.717, 1.165) is 0 Å². The molecule has 0 unspecified atom stereocenters. The van der Waals surface area contributed by atoms with Gasteiger partial charge in [-0.15, -0.1) is 0 Å². The van der Waals surface area contributed by atoms with Crippen molar-refractivity contribution < 1.29 is 9.53 Å². The fourth-order valence-corrected chi connectivity index (χ4v) is 1.06. The summed E-state index contributed by atoms with van der Waals surface area (Å²) in [6, 6.07) is 1.55. The van der Waals surface area contributed by atoms with Crippen molar-refractivity contribution in [2.75, 3.05) is 6.61 Å². The Labute approximate surface area is 89.7 Å². The number of nitrogens with zero attached hydrogens (tertiary/aromatic N) is 2. The largest absolute Gasteiger partial charge is 0.478 e. The number of ether oxygens (including phenoxy) is 1. The number of hydrogen-bond acceptors (Lipinski definition) is 4. The van der Waals surface area contributed by atoms with E-state index in [0.29, 0.717) is 30.3 Å². The second-order valence-electron chi connectivity index (χ2n) is 4.26. The molecule has 4 heteroatoms. The first kappa shape index (κ1) is 11.6. The third-order valence-corrected chi connectivity index (χ3v) is 1.81. The van der Waals surface area contributed by atoms with Crippen LogP contribution < -0.4 is 4.74 Å². The summed E-state index contributed by atoms with van der Waals surface area (Å²) in [5.41, 5.74) is 0.170. The van der Waals surface area contributed by atoms with Crippen molar-refractivity contribution in [3.8, 4) is 5.88 Å². The minimum absolute atomic E-state index is 0.190. The molecule has 0 radical (unpaired) electrons. The van der Waals surface area contributed by atoms with Gasteiger partial charge >= 0.3 is 0 Å². The maximum atomic E-state index is 10.7. The lowest BCUT2D eigenvalue weighted by molar-refractivity contribution is 0.111. The van der Waals surface area contributed by atoms with Gasteiger partial charge in [0.05, 0.1) is 6.61 Å². The van der Waals surface area contributed by atoms with E-state index in [1.54, 1.807) is 6.07 Å². The van der Waals surface area contributed by atoms with E-state index in [1.165, 1.54) is 0 Å². The Morgan fingerprint density at radius 1 is 1.40 bits per heavy atom. The molecule has 15 heavy (non-hydrogen) atoms. The number of hydrogen-bond donors (Lipinski definition) is 0. The van der Waals surface area contributed by atoms with Gasteiger partial charge in [0.25, 0.3) is 0 Å². The molecule has 82 valence electrons. The zero-order valence-electron chi connectivity index (χ0n) is 9.57. The molecule has 0 atom stereocenters. The number of aldehydes is 1. The van der Waals surface area contributed by atoms with Crippen LogP contribution in [0.1, 0.15) is 44.0 Å². The van der Waals surface area contributed by atoms with E-state index in [9.17, 15) is 4.79 Å². The van der Waals surface area contributed by atoms with Gasteiger partial charge in [0, 0.05) is 11.5 Å². The Kier molecular flexibility index (Phi) is 3.39. The second-order valence-corrected chi connectivity index (χ2v) is 4.26. The van der Waals surface area contributed by atoms with Gasteiger partial charge in [0.15, 0.2) is 6.29 Å². The monoisotopic (exact) mass is 208 g/mol. The van der Waals surface area contributed by atoms with Crippen molar-refractivity contribution in [2.45, 2.75) is 33.1 Å². The summed E-state index contributed by atoms with van der Waals surface area (Å²) in [6.07, 6.45) is 0.708. The van der Waals surface area contributed by atoms with Gasteiger partial charge < -0.3 is 4.74 Å². The zero-order valence-corrected chi connectivity index (χ0v) is 9.57. The SMILES string of the molecule is CCOc1cc(C=O)nc(C(C)(C)C)n1. The van der Waals surface area contributed by atoms with Crippen LogP contribution in [0.15, 0.2) is 6.07 Å². The van der Waals surface area contributed by atoms with Crippen LogP contribution in [0.3, 0.4) is 0 Å². The molecule has 0 N–H and O–H groups in total. The van der Waals surface area contributed by atoms with E-state index < -0.39 is 0 Å². The molecule has 0 saturated heterocycles. The Bertz CT molecular complexity index is 356. The van der Waals surface area contributed by atoms with Gasteiger partial charge in [0.1, 0.15) is 11.5 Å². The highest BCUT2D eigenvalue weighted by atomic mass is 16.5. The predicted octanol–water partition coefficient (Wildman–Crippen LogP) is 1.99. The molecule has 0 fully saturated rings. The van der Waals surface area contributed by atoms with Crippen molar-refractivity contribution in [1.82, 2.24) is 9.97 Å². The average molecular weight is 208 g/mol. The normalized spacial score (nSPS) is 11.2. The molecular formula is C11H16N2O2. The maximum Gasteiger partial charge on any atom is 0.217 e. The van der Waals surface area contributed by atoms with Crippen LogP contribution in [0.25, 0.3) is 0 Å². The maximum absolute atomic E-state index is 10.7. The first-order valence-electron chi connectivity index (χ1n) is 4.95.